The van der Waals surface area contributed by atoms with Gasteiger partial charge in [0.1, 0.15) is 6.61 Å². The Bertz CT molecular complexity index is 815. The number of carboxylic acid groups (broad SMARTS) is 1. The maximum atomic E-state index is 14.1. The zero-order valence-electron chi connectivity index (χ0n) is 14.9. The molecule has 0 spiro atoms. The minimum absolute atomic E-state index is 0.0348. The van der Waals surface area contributed by atoms with Crippen LogP contribution in [0.25, 0.3) is 0 Å². The Morgan fingerprint density at radius 1 is 1.11 bits per heavy atom. The number of aliphatic carboxylic acids is 1. The average Bonchev–Trinajstić information content (AvgIpc) is 2.70. The fourth-order valence-electron chi connectivity index (χ4n) is 3.56. The van der Waals surface area contributed by atoms with Gasteiger partial charge in [-0.1, -0.05) is 36.4 Å². The highest BCUT2D eigenvalue weighted by molar-refractivity contribution is 5.77. The smallest absolute Gasteiger partial charge is 0.341 e. The van der Waals surface area contributed by atoms with E-state index >= 15 is 0 Å². The Labute approximate surface area is 157 Å². The van der Waals surface area contributed by atoms with Gasteiger partial charge in [-0.3, -0.25) is 4.90 Å². The number of hydrogen-bond acceptors (Lipinski definition) is 4. The van der Waals surface area contributed by atoms with Crippen LogP contribution in [0, 0.1) is 0 Å². The first-order valence-corrected chi connectivity index (χ1v) is 9.15. The van der Waals surface area contributed by atoms with E-state index in [-0.39, 0.29) is 18.9 Å². The summed E-state index contributed by atoms with van der Waals surface area (Å²) in [5, 5.41) is 8.97. The largest absolute Gasteiger partial charge is 0.485 e. The summed E-state index contributed by atoms with van der Waals surface area (Å²) in [5.41, 5.74) is 0.0766. The van der Waals surface area contributed by atoms with Crippen LogP contribution in [0.15, 0.2) is 48.5 Å². The summed E-state index contributed by atoms with van der Waals surface area (Å²) in [6, 6.07) is 15.7. The van der Waals surface area contributed by atoms with Gasteiger partial charge in [0.15, 0.2) is 17.6 Å². The molecule has 0 aromatic heterocycles. The molecule has 1 unspecified atom stereocenters. The molecule has 0 bridgehead atoms. The summed E-state index contributed by atoms with van der Waals surface area (Å²) >= 11 is 0. The average molecular weight is 371 g/mol. The minimum Gasteiger partial charge on any atom is -0.485 e. The second-order valence-corrected chi connectivity index (χ2v) is 7.15. The van der Waals surface area contributed by atoms with Crippen LogP contribution >= 0.6 is 0 Å². The molecule has 0 aliphatic carbocycles. The van der Waals surface area contributed by atoms with Gasteiger partial charge in [-0.2, -0.15) is 0 Å². The monoisotopic (exact) mass is 371 g/mol. The number of halogens is 1. The van der Waals surface area contributed by atoms with Gasteiger partial charge in [0.25, 0.3) is 0 Å². The van der Waals surface area contributed by atoms with Crippen LogP contribution in [0.4, 0.5) is 4.39 Å². The second-order valence-electron chi connectivity index (χ2n) is 7.15. The normalized spacial score (nSPS) is 21.6. The van der Waals surface area contributed by atoms with Crippen LogP contribution < -0.4 is 9.47 Å². The van der Waals surface area contributed by atoms with Gasteiger partial charge in [0.2, 0.25) is 5.67 Å². The summed E-state index contributed by atoms with van der Waals surface area (Å²) in [5.74, 6) is 0.169. The van der Waals surface area contributed by atoms with E-state index < -0.39 is 11.6 Å². The van der Waals surface area contributed by atoms with Crippen LogP contribution in [-0.4, -0.2) is 41.3 Å². The van der Waals surface area contributed by atoms with E-state index in [1.54, 1.807) is 0 Å². The topological polar surface area (TPSA) is 59.0 Å². The number of para-hydroxylation sites is 2. The maximum absolute atomic E-state index is 14.1. The number of carbonyl (C=O) groups is 1. The zero-order valence-corrected chi connectivity index (χ0v) is 14.9. The summed E-state index contributed by atoms with van der Waals surface area (Å²) in [6.45, 7) is 2.04. The molecule has 2 aliphatic rings. The number of benzene rings is 2. The van der Waals surface area contributed by atoms with E-state index in [1.807, 2.05) is 48.5 Å². The van der Waals surface area contributed by atoms with E-state index in [9.17, 15) is 9.18 Å². The van der Waals surface area contributed by atoms with Gasteiger partial charge in [-0.15, -0.1) is 0 Å². The zero-order chi connectivity index (χ0) is 18.9. The first-order valence-electron chi connectivity index (χ1n) is 9.15. The predicted octanol–water partition coefficient (Wildman–Crippen LogP) is 3.59. The van der Waals surface area contributed by atoms with E-state index in [4.69, 9.17) is 14.6 Å². The highest BCUT2D eigenvalue weighted by Gasteiger charge is 2.41. The molecule has 1 saturated heterocycles. The SMILES string of the molecule is O=C(O)C1(F)CCN(Cc2ccc(C3COc4ccccc4O3)cc2)CC1. The summed E-state index contributed by atoms with van der Waals surface area (Å²) < 4.78 is 25.9. The lowest BCUT2D eigenvalue weighted by atomic mass is 9.93. The van der Waals surface area contributed by atoms with Gasteiger partial charge in [-0.25, -0.2) is 9.18 Å². The fourth-order valence-corrected chi connectivity index (χ4v) is 3.56. The van der Waals surface area contributed by atoms with Crippen molar-refractivity contribution < 1.29 is 23.8 Å². The van der Waals surface area contributed by atoms with E-state index in [2.05, 4.69) is 4.90 Å². The van der Waals surface area contributed by atoms with Crippen LogP contribution in [0.1, 0.15) is 30.1 Å². The third-order valence-electron chi connectivity index (χ3n) is 5.30. The molecule has 1 atom stereocenters. The Morgan fingerprint density at radius 3 is 2.44 bits per heavy atom. The quantitative estimate of drug-likeness (QED) is 0.890. The van der Waals surface area contributed by atoms with Crippen molar-refractivity contribution in [3.63, 3.8) is 0 Å². The number of nitrogens with zero attached hydrogens (tertiary/aromatic N) is 1. The van der Waals surface area contributed by atoms with E-state index in [0.29, 0.717) is 26.2 Å². The number of ether oxygens (including phenoxy) is 2. The molecule has 4 rings (SSSR count). The highest BCUT2D eigenvalue weighted by atomic mass is 19.1. The number of alkyl halides is 1. The van der Waals surface area contributed by atoms with Crippen LogP contribution in [0.5, 0.6) is 11.5 Å². The van der Waals surface area contributed by atoms with E-state index in [1.165, 1.54) is 0 Å². The molecule has 0 saturated carbocycles. The lowest BCUT2D eigenvalue weighted by Crippen LogP contribution is -2.46. The van der Waals surface area contributed by atoms with Gasteiger partial charge in [-0.05, 0) is 23.3 Å². The van der Waals surface area contributed by atoms with Crippen molar-refractivity contribution in [2.45, 2.75) is 31.2 Å². The van der Waals surface area contributed by atoms with E-state index in [0.717, 1.165) is 22.6 Å². The number of carboxylic acids is 1. The van der Waals surface area contributed by atoms with Gasteiger partial charge in [0.05, 0.1) is 0 Å². The van der Waals surface area contributed by atoms with Crippen molar-refractivity contribution in [3.8, 4) is 11.5 Å². The van der Waals surface area contributed by atoms with Crippen molar-refractivity contribution >= 4 is 5.97 Å². The van der Waals surface area contributed by atoms with Crippen molar-refractivity contribution in [1.29, 1.82) is 0 Å². The molecule has 2 aromatic carbocycles. The van der Waals surface area contributed by atoms with Crippen LogP contribution in [0.2, 0.25) is 0 Å². The Morgan fingerprint density at radius 2 is 1.78 bits per heavy atom. The van der Waals surface area contributed by atoms with Crippen molar-refractivity contribution in [3.05, 3.63) is 59.7 Å². The third-order valence-corrected chi connectivity index (χ3v) is 5.30. The first-order chi connectivity index (χ1) is 13.0. The molecule has 2 aliphatic heterocycles. The number of piperidine rings is 1. The Hall–Kier alpha value is -2.60. The number of hydrogen-bond donors (Lipinski definition) is 1. The molecule has 0 radical (unpaired) electrons. The summed E-state index contributed by atoms with van der Waals surface area (Å²) in [4.78, 5) is 13.1. The lowest BCUT2D eigenvalue weighted by Gasteiger charge is -2.33. The van der Waals surface area contributed by atoms with Crippen LogP contribution in [0.3, 0.4) is 0 Å². The molecular formula is C21H22FNO4. The molecule has 1 N–H and O–H groups in total. The standard InChI is InChI=1S/C21H22FNO4/c22-21(20(24)25)9-11-23(12-10-21)13-15-5-7-16(8-6-15)19-14-26-17-3-1-2-4-18(17)27-19/h1-8,19H,9-14H2,(H,24,25). The first kappa shape index (κ1) is 17.8. The van der Waals surface area contributed by atoms with Crippen molar-refractivity contribution in [2.75, 3.05) is 19.7 Å². The molecule has 2 heterocycles. The van der Waals surface area contributed by atoms with Crippen molar-refractivity contribution in [1.82, 2.24) is 4.90 Å². The van der Waals surface area contributed by atoms with Gasteiger partial charge in [0, 0.05) is 32.5 Å². The molecule has 1 fully saturated rings. The molecule has 6 heteroatoms. The molecular weight excluding hydrogens is 349 g/mol. The summed E-state index contributed by atoms with van der Waals surface area (Å²) in [6.07, 6.45) is -0.0770. The highest BCUT2D eigenvalue weighted by Crippen LogP contribution is 2.36. The second kappa shape index (κ2) is 7.19. The van der Waals surface area contributed by atoms with Gasteiger partial charge < -0.3 is 14.6 Å². The summed E-state index contributed by atoms with van der Waals surface area (Å²) in [7, 11) is 0. The Kier molecular flexibility index (Phi) is 4.74. The maximum Gasteiger partial charge on any atom is 0.341 e. The molecule has 5 nitrogen and oxygen atoms in total. The lowest BCUT2D eigenvalue weighted by molar-refractivity contribution is -0.154. The molecule has 142 valence electrons. The molecule has 27 heavy (non-hydrogen) atoms. The minimum atomic E-state index is -2.07. The number of rotatable bonds is 4. The van der Waals surface area contributed by atoms with Crippen LogP contribution in [-0.2, 0) is 11.3 Å². The number of likely N-dealkylation sites (tertiary alicyclic amines) is 1. The molecule has 0 amide bonds. The van der Waals surface area contributed by atoms with Crippen molar-refractivity contribution in [2.24, 2.45) is 0 Å². The Balaban J connectivity index is 1.36. The molecule has 2 aromatic rings. The predicted molar refractivity (Wildman–Crippen MR) is 97.7 cm³/mol. The van der Waals surface area contributed by atoms with Gasteiger partial charge >= 0.3 is 5.97 Å². The third kappa shape index (κ3) is 3.76. The number of fused-ring (bicyclic) bond motifs is 1. The fraction of sp³-hybridized carbons (Fsp3) is 0.381.